The summed E-state index contributed by atoms with van der Waals surface area (Å²) in [5.74, 6) is -1.35. The van der Waals surface area contributed by atoms with Gasteiger partial charge in [-0.3, -0.25) is 9.55 Å². The van der Waals surface area contributed by atoms with Crippen molar-refractivity contribution in [1.29, 1.82) is 0 Å². The predicted octanol–water partition coefficient (Wildman–Crippen LogP) is 4.99. The molecule has 2 N–H and O–H groups in total. The Morgan fingerprint density at radius 2 is 1.88 bits per heavy atom. The van der Waals surface area contributed by atoms with Crippen LogP contribution in [0.25, 0.3) is 21.9 Å². The molecule has 2 amide bonds. The normalized spacial score (nSPS) is 19.5. The van der Waals surface area contributed by atoms with E-state index in [9.17, 15) is 18.4 Å². The van der Waals surface area contributed by atoms with Crippen molar-refractivity contribution in [3.05, 3.63) is 87.8 Å². The molecule has 0 aliphatic carbocycles. The third kappa shape index (κ3) is 4.67. The first-order chi connectivity index (χ1) is 20.5. The van der Waals surface area contributed by atoms with Crippen LogP contribution in [0.3, 0.4) is 0 Å². The number of rotatable bonds is 4. The zero-order valence-electron chi connectivity index (χ0n) is 22.5. The van der Waals surface area contributed by atoms with Crippen LogP contribution in [0.5, 0.6) is 0 Å². The molecule has 0 spiro atoms. The highest BCUT2D eigenvalue weighted by Crippen LogP contribution is 2.37. The predicted molar refractivity (Wildman–Crippen MR) is 153 cm³/mol. The molecule has 1 saturated heterocycles. The summed E-state index contributed by atoms with van der Waals surface area (Å²) in [6.07, 6.45) is 7.39. The number of pyridine rings is 1. The number of halogens is 2. The van der Waals surface area contributed by atoms with E-state index in [1.165, 1.54) is 17.4 Å². The molecule has 2 aliphatic rings. The van der Waals surface area contributed by atoms with E-state index < -0.39 is 17.7 Å². The summed E-state index contributed by atoms with van der Waals surface area (Å²) in [4.78, 5) is 44.1. The van der Waals surface area contributed by atoms with Crippen molar-refractivity contribution in [3.63, 3.8) is 0 Å². The highest BCUT2D eigenvalue weighted by atomic mass is 32.1. The van der Waals surface area contributed by atoms with Crippen molar-refractivity contribution in [3.8, 4) is 10.7 Å². The highest BCUT2D eigenvalue weighted by Gasteiger charge is 2.33. The van der Waals surface area contributed by atoms with Crippen molar-refractivity contribution in [2.45, 2.75) is 50.2 Å². The second-order valence-electron chi connectivity index (χ2n) is 10.8. The van der Waals surface area contributed by atoms with Gasteiger partial charge in [-0.25, -0.2) is 33.3 Å². The van der Waals surface area contributed by atoms with Gasteiger partial charge < -0.3 is 14.8 Å². The van der Waals surface area contributed by atoms with E-state index in [4.69, 9.17) is 0 Å². The quantitative estimate of drug-likeness (QED) is 0.306. The number of fused-ring (bicyclic) bond motifs is 2. The molecule has 216 valence electrons. The Morgan fingerprint density at radius 3 is 2.69 bits per heavy atom. The van der Waals surface area contributed by atoms with E-state index in [0.717, 1.165) is 22.3 Å². The Balaban J connectivity index is 1.11. The maximum atomic E-state index is 14.9. The third-order valence-corrected chi connectivity index (χ3v) is 9.18. The van der Waals surface area contributed by atoms with Gasteiger partial charge in [-0.15, -0.1) is 11.3 Å². The second kappa shape index (κ2) is 10.8. The largest absolute Gasteiger partial charge is 0.328 e. The molecule has 0 radical (unpaired) electrons. The van der Waals surface area contributed by atoms with E-state index in [0.29, 0.717) is 62.4 Å². The molecule has 1 aromatic carbocycles. The van der Waals surface area contributed by atoms with Crippen LogP contribution in [0.1, 0.15) is 55.1 Å². The number of benzene rings is 1. The minimum Gasteiger partial charge on any atom is -0.328 e. The smallest absolute Gasteiger partial charge is 0.327 e. The van der Waals surface area contributed by atoms with Crippen LogP contribution in [-0.4, -0.2) is 53.1 Å². The summed E-state index contributed by atoms with van der Waals surface area (Å²) < 4.78 is 32.8. The molecule has 2 aliphatic heterocycles. The maximum absolute atomic E-state index is 14.9. The van der Waals surface area contributed by atoms with E-state index in [1.807, 2.05) is 16.0 Å². The van der Waals surface area contributed by atoms with Gasteiger partial charge in [0.25, 0.3) is 0 Å². The number of likely N-dealkylation sites (tertiary alicyclic amines) is 1. The molecule has 1 fully saturated rings. The average molecular weight is 591 g/mol. The molecular formula is C29H28F2N8O2S. The van der Waals surface area contributed by atoms with Crippen LogP contribution in [0.2, 0.25) is 0 Å². The van der Waals surface area contributed by atoms with Gasteiger partial charge in [-0.05, 0) is 49.4 Å². The molecule has 5 aromatic rings. The first-order valence-electron chi connectivity index (χ1n) is 14.0. The monoisotopic (exact) mass is 590 g/mol. The molecule has 42 heavy (non-hydrogen) atoms. The number of H-pyrrole nitrogens is 1. The Morgan fingerprint density at radius 1 is 1.02 bits per heavy atom. The second-order valence-corrected chi connectivity index (χ2v) is 11.7. The SMILES string of the molecule is O=C(N[C@@H]1CC[C@@H](c2cccc(F)c2F)Cn2c(-c3nccs3)cnc21)N1CCC(n2c(=O)[nH]c3ncccc32)CC1. The number of imidazole rings is 2. The van der Waals surface area contributed by atoms with Gasteiger partial charge in [0.15, 0.2) is 17.3 Å². The lowest BCUT2D eigenvalue weighted by atomic mass is 9.93. The summed E-state index contributed by atoms with van der Waals surface area (Å²) in [5, 5.41) is 5.81. The summed E-state index contributed by atoms with van der Waals surface area (Å²) in [5.41, 5.74) is 2.22. The number of nitrogens with one attached hydrogen (secondary N) is 2. The first-order valence-corrected chi connectivity index (χ1v) is 14.9. The van der Waals surface area contributed by atoms with Crippen molar-refractivity contribution >= 4 is 28.5 Å². The summed E-state index contributed by atoms with van der Waals surface area (Å²) in [6, 6.07) is 7.27. The zero-order chi connectivity index (χ0) is 28.8. The van der Waals surface area contributed by atoms with Gasteiger partial charge in [0.2, 0.25) is 0 Å². The molecule has 0 bridgehead atoms. The zero-order valence-corrected chi connectivity index (χ0v) is 23.4. The number of aromatic nitrogens is 6. The van der Waals surface area contributed by atoms with Crippen molar-refractivity contribution < 1.29 is 13.6 Å². The number of piperidine rings is 1. The van der Waals surface area contributed by atoms with Gasteiger partial charge in [-0.1, -0.05) is 12.1 Å². The molecule has 4 aromatic heterocycles. The maximum Gasteiger partial charge on any atom is 0.327 e. The minimum absolute atomic E-state index is 0.0425. The Bertz CT molecular complexity index is 1810. The summed E-state index contributed by atoms with van der Waals surface area (Å²) in [7, 11) is 0. The number of nitrogens with zero attached hydrogens (tertiary/aromatic N) is 6. The van der Waals surface area contributed by atoms with Gasteiger partial charge in [0.05, 0.1) is 23.4 Å². The number of carbonyl (C=O) groups is 1. The van der Waals surface area contributed by atoms with E-state index in [1.54, 1.807) is 40.2 Å². The third-order valence-electron chi connectivity index (χ3n) is 8.38. The topological polar surface area (TPSA) is 114 Å². The summed E-state index contributed by atoms with van der Waals surface area (Å²) >= 11 is 1.47. The van der Waals surface area contributed by atoms with Gasteiger partial charge in [0.1, 0.15) is 10.8 Å². The lowest BCUT2D eigenvalue weighted by Gasteiger charge is -2.33. The van der Waals surface area contributed by atoms with Crippen LogP contribution in [-0.2, 0) is 6.54 Å². The number of amides is 2. The number of hydrogen-bond donors (Lipinski definition) is 2. The van der Waals surface area contributed by atoms with E-state index >= 15 is 0 Å². The molecule has 13 heteroatoms. The lowest BCUT2D eigenvalue weighted by molar-refractivity contribution is 0.167. The standard InChI is InChI=1S/C29H28F2N8O2S/c30-20-4-1-3-19(24(20)31)17-6-7-21(26-34-15-23(38(26)16-17)27-33-11-14-42-27)35-28(40)37-12-8-18(9-13-37)39-22-5-2-10-32-25(22)36-29(39)41/h1-5,10-11,14-15,17-18,21H,6-9,12-13,16H2,(H,35,40)(H,32,36,41)/t17-,21-/m1/s1. The molecule has 7 rings (SSSR count). The van der Waals surface area contributed by atoms with Crippen molar-refractivity contribution in [1.82, 2.24) is 39.3 Å². The first kappa shape index (κ1) is 26.5. The number of urea groups is 1. The van der Waals surface area contributed by atoms with E-state index in [2.05, 4.69) is 25.3 Å². The molecular weight excluding hydrogens is 562 g/mol. The van der Waals surface area contributed by atoms with Crippen molar-refractivity contribution in [2.75, 3.05) is 13.1 Å². The fraction of sp³-hybridized carbons (Fsp3) is 0.345. The molecule has 10 nitrogen and oxygen atoms in total. The molecule has 0 unspecified atom stereocenters. The number of aromatic amines is 1. The number of hydrogen-bond acceptors (Lipinski definition) is 6. The Kier molecular flexibility index (Phi) is 6.81. The lowest BCUT2D eigenvalue weighted by Crippen LogP contribution is -2.46. The van der Waals surface area contributed by atoms with E-state index in [-0.39, 0.29) is 23.7 Å². The van der Waals surface area contributed by atoms with Crippen LogP contribution in [0, 0.1) is 11.6 Å². The van der Waals surface area contributed by atoms with Crippen LogP contribution in [0.4, 0.5) is 13.6 Å². The Labute approximate surface area is 243 Å². The van der Waals surface area contributed by atoms with Crippen LogP contribution < -0.4 is 11.0 Å². The van der Waals surface area contributed by atoms with Gasteiger partial charge >= 0.3 is 11.7 Å². The highest BCUT2D eigenvalue weighted by molar-refractivity contribution is 7.13. The number of thiazole rings is 1. The molecule has 0 saturated carbocycles. The van der Waals surface area contributed by atoms with Crippen molar-refractivity contribution in [2.24, 2.45) is 0 Å². The minimum atomic E-state index is -0.873. The van der Waals surface area contributed by atoms with Crippen LogP contribution >= 0.6 is 11.3 Å². The summed E-state index contributed by atoms with van der Waals surface area (Å²) in [6.45, 7) is 1.35. The fourth-order valence-electron chi connectivity index (χ4n) is 6.30. The average Bonchev–Trinajstić information content (AvgIpc) is 3.72. The van der Waals surface area contributed by atoms with Gasteiger partial charge in [0, 0.05) is 49.4 Å². The molecule has 6 heterocycles. The number of carbonyl (C=O) groups excluding carboxylic acids is 1. The molecule has 2 atom stereocenters. The Hall–Kier alpha value is -4.39. The fourth-order valence-corrected chi connectivity index (χ4v) is 6.96. The van der Waals surface area contributed by atoms with Gasteiger partial charge in [-0.2, -0.15) is 0 Å². The van der Waals surface area contributed by atoms with Crippen LogP contribution in [0.15, 0.2) is 59.1 Å².